The lowest BCUT2D eigenvalue weighted by Gasteiger charge is -2.33. The van der Waals surface area contributed by atoms with Crippen molar-refractivity contribution in [1.29, 1.82) is 0 Å². The van der Waals surface area contributed by atoms with Crippen LogP contribution in [0.25, 0.3) is 0 Å². The number of thioether (sulfide) groups is 1. The Balaban J connectivity index is 2.72. The summed E-state index contributed by atoms with van der Waals surface area (Å²) in [5, 5.41) is 12.9. The van der Waals surface area contributed by atoms with E-state index in [0.29, 0.717) is 11.7 Å². The standard InChI is InChI=1S/C13H25NO2S/c1-5-8-14-13(11(15)16,10-6-7-10)9-17-12(2,3)4/h10,14H,5-9H2,1-4H3,(H,15,16). The first-order valence-electron chi connectivity index (χ1n) is 6.44. The van der Waals surface area contributed by atoms with Crippen molar-refractivity contribution in [3.05, 3.63) is 0 Å². The summed E-state index contributed by atoms with van der Waals surface area (Å²) in [5.74, 6) is 0.308. The third-order valence-corrected chi connectivity index (χ3v) is 4.54. The highest BCUT2D eigenvalue weighted by atomic mass is 32.2. The van der Waals surface area contributed by atoms with Gasteiger partial charge in [-0.25, -0.2) is 0 Å². The number of carbonyl (C=O) groups is 1. The van der Waals surface area contributed by atoms with Crippen LogP contribution in [-0.2, 0) is 4.79 Å². The second-order valence-electron chi connectivity index (χ2n) is 5.88. The van der Waals surface area contributed by atoms with E-state index in [1.807, 2.05) is 0 Å². The molecule has 1 aliphatic rings. The van der Waals surface area contributed by atoms with E-state index in [4.69, 9.17) is 0 Å². The van der Waals surface area contributed by atoms with Gasteiger partial charge >= 0.3 is 5.97 Å². The lowest BCUT2D eigenvalue weighted by atomic mass is 9.95. The van der Waals surface area contributed by atoms with Crippen LogP contribution < -0.4 is 5.32 Å². The molecule has 100 valence electrons. The molecule has 4 heteroatoms. The number of carboxylic acids is 1. The van der Waals surface area contributed by atoms with Gasteiger partial charge in [0, 0.05) is 10.5 Å². The zero-order valence-corrected chi connectivity index (χ0v) is 12.2. The molecule has 1 aliphatic carbocycles. The number of carboxylic acid groups (broad SMARTS) is 1. The van der Waals surface area contributed by atoms with Gasteiger partial charge in [-0.2, -0.15) is 11.8 Å². The Morgan fingerprint density at radius 1 is 1.41 bits per heavy atom. The fourth-order valence-electron chi connectivity index (χ4n) is 1.88. The van der Waals surface area contributed by atoms with Crippen molar-refractivity contribution in [3.63, 3.8) is 0 Å². The molecule has 0 amide bonds. The number of aliphatic carboxylic acids is 1. The van der Waals surface area contributed by atoms with Crippen LogP contribution in [0.4, 0.5) is 0 Å². The van der Waals surface area contributed by atoms with E-state index >= 15 is 0 Å². The minimum absolute atomic E-state index is 0.115. The molecule has 1 atom stereocenters. The summed E-state index contributed by atoms with van der Waals surface area (Å²) in [5.41, 5.74) is -0.700. The van der Waals surface area contributed by atoms with E-state index in [0.717, 1.165) is 25.8 Å². The van der Waals surface area contributed by atoms with Crippen molar-refractivity contribution >= 4 is 17.7 Å². The van der Waals surface area contributed by atoms with Crippen molar-refractivity contribution in [2.75, 3.05) is 12.3 Å². The number of nitrogens with one attached hydrogen (secondary N) is 1. The first-order valence-corrected chi connectivity index (χ1v) is 7.43. The SMILES string of the molecule is CCCNC(CSC(C)(C)C)(C(=O)O)C1CC1. The lowest BCUT2D eigenvalue weighted by molar-refractivity contribution is -0.144. The van der Waals surface area contributed by atoms with Gasteiger partial charge in [0.25, 0.3) is 0 Å². The van der Waals surface area contributed by atoms with Gasteiger partial charge in [-0.15, -0.1) is 0 Å². The molecule has 0 saturated heterocycles. The predicted molar refractivity (Wildman–Crippen MR) is 73.6 cm³/mol. The van der Waals surface area contributed by atoms with E-state index in [-0.39, 0.29) is 4.75 Å². The Hall–Kier alpha value is -0.220. The normalized spacial score (nSPS) is 20.0. The minimum atomic E-state index is -0.700. The van der Waals surface area contributed by atoms with E-state index in [1.165, 1.54) is 0 Å². The van der Waals surface area contributed by atoms with Gasteiger partial charge < -0.3 is 10.4 Å². The molecule has 0 heterocycles. The topological polar surface area (TPSA) is 49.3 Å². The van der Waals surface area contributed by atoms with Gasteiger partial charge in [-0.1, -0.05) is 27.7 Å². The molecule has 0 aromatic heterocycles. The number of rotatable bonds is 7. The highest BCUT2D eigenvalue weighted by molar-refractivity contribution is 8.00. The van der Waals surface area contributed by atoms with E-state index < -0.39 is 11.5 Å². The average molecular weight is 259 g/mol. The molecule has 1 rings (SSSR count). The summed E-state index contributed by atoms with van der Waals surface area (Å²) >= 11 is 1.74. The maximum atomic E-state index is 11.6. The van der Waals surface area contributed by atoms with Crippen LogP contribution in [0.2, 0.25) is 0 Å². The summed E-state index contributed by atoms with van der Waals surface area (Å²) in [6.45, 7) is 9.27. The van der Waals surface area contributed by atoms with Crippen LogP contribution in [0.15, 0.2) is 0 Å². The molecular formula is C13H25NO2S. The smallest absolute Gasteiger partial charge is 0.325 e. The van der Waals surface area contributed by atoms with E-state index in [9.17, 15) is 9.90 Å². The van der Waals surface area contributed by atoms with Gasteiger partial charge in [-0.3, -0.25) is 4.79 Å². The summed E-state index contributed by atoms with van der Waals surface area (Å²) in [6.07, 6.45) is 3.07. The van der Waals surface area contributed by atoms with Crippen molar-refractivity contribution in [3.8, 4) is 0 Å². The Labute approximate surface area is 109 Å². The van der Waals surface area contributed by atoms with Crippen molar-refractivity contribution in [2.24, 2.45) is 5.92 Å². The number of hydrogen-bond acceptors (Lipinski definition) is 3. The highest BCUT2D eigenvalue weighted by Crippen LogP contribution is 2.43. The molecule has 1 fully saturated rings. The Morgan fingerprint density at radius 3 is 2.35 bits per heavy atom. The molecule has 0 aromatic carbocycles. The molecule has 0 spiro atoms. The van der Waals surface area contributed by atoms with Crippen molar-refractivity contribution in [2.45, 2.75) is 57.2 Å². The summed E-state index contributed by atoms with van der Waals surface area (Å²) in [7, 11) is 0. The first kappa shape index (κ1) is 14.8. The summed E-state index contributed by atoms with van der Waals surface area (Å²) in [4.78, 5) is 11.6. The maximum absolute atomic E-state index is 11.6. The van der Waals surface area contributed by atoms with Crippen LogP contribution in [0.5, 0.6) is 0 Å². The Bertz CT molecular complexity index is 271. The molecule has 3 nitrogen and oxygen atoms in total. The van der Waals surface area contributed by atoms with Crippen LogP contribution in [0.3, 0.4) is 0 Å². The fourth-order valence-corrected chi connectivity index (χ4v) is 3.00. The Kier molecular flexibility index (Phi) is 4.90. The quantitative estimate of drug-likeness (QED) is 0.738. The average Bonchev–Trinajstić information content (AvgIpc) is 3.00. The van der Waals surface area contributed by atoms with E-state index in [2.05, 4.69) is 33.0 Å². The third-order valence-electron chi connectivity index (χ3n) is 3.08. The minimum Gasteiger partial charge on any atom is -0.480 e. The van der Waals surface area contributed by atoms with Gasteiger partial charge in [0.2, 0.25) is 0 Å². The monoisotopic (exact) mass is 259 g/mol. The van der Waals surface area contributed by atoms with Crippen LogP contribution in [0.1, 0.15) is 47.0 Å². The predicted octanol–water partition coefficient (Wildman–Crippen LogP) is 2.75. The molecular weight excluding hydrogens is 234 g/mol. The van der Waals surface area contributed by atoms with Crippen LogP contribution in [-0.4, -0.2) is 33.7 Å². The van der Waals surface area contributed by atoms with Crippen LogP contribution >= 0.6 is 11.8 Å². The zero-order valence-electron chi connectivity index (χ0n) is 11.4. The van der Waals surface area contributed by atoms with Gasteiger partial charge in [-0.05, 0) is 31.7 Å². The zero-order chi connectivity index (χ0) is 13.1. The van der Waals surface area contributed by atoms with Crippen molar-refractivity contribution in [1.82, 2.24) is 5.32 Å². The molecule has 0 aliphatic heterocycles. The third kappa shape index (κ3) is 4.18. The molecule has 1 unspecified atom stereocenters. The molecule has 0 bridgehead atoms. The Morgan fingerprint density at radius 2 is 2.00 bits per heavy atom. The van der Waals surface area contributed by atoms with Crippen molar-refractivity contribution < 1.29 is 9.90 Å². The highest BCUT2D eigenvalue weighted by Gasteiger charge is 2.51. The van der Waals surface area contributed by atoms with Crippen LogP contribution in [0, 0.1) is 5.92 Å². The molecule has 17 heavy (non-hydrogen) atoms. The van der Waals surface area contributed by atoms with E-state index in [1.54, 1.807) is 11.8 Å². The second-order valence-corrected chi connectivity index (χ2v) is 7.68. The van der Waals surface area contributed by atoms with Gasteiger partial charge in [0.1, 0.15) is 5.54 Å². The van der Waals surface area contributed by atoms with Gasteiger partial charge in [0.05, 0.1) is 0 Å². The largest absolute Gasteiger partial charge is 0.480 e. The second kappa shape index (κ2) is 5.61. The molecule has 0 radical (unpaired) electrons. The maximum Gasteiger partial charge on any atom is 0.325 e. The van der Waals surface area contributed by atoms with Gasteiger partial charge in [0.15, 0.2) is 0 Å². The fraction of sp³-hybridized carbons (Fsp3) is 0.923. The summed E-state index contributed by atoms with van der Waals surface area (Å²) < 4.78 is 0.115. The first-order chi connectivity index (χ1) is 7.82. The molecule has 2 N–H and O–H groups in total. The molecule has 0 aromatic rings. The molecule has 1 saturated carbocycles. The summed E-state index contributed by atoms with van der Waals surface area (Å²) in [6, 6.07) is 0. The lowest BCUT2D eigenvalue weighted by Crippen LogP contribution is -2.57. The number of hydrogen-bond donors (Lipinski definition) is 2.